The standard InChI is InChI=1S/C16H18O4.Li/c1-16(19)11-13(20-10-9-17)7-8-14(16)15(18)12-5-3-2-4-6-12;/h2-8,11,14,17,19H,9-10H2,1H3;. The predicted octanol–water partition coefficient (Wildman–Crippen LogP) is 1.32. The largest absolute Gasteiger partial charge is 0.491 e. The summed E-state index contributed by atoms with van der Waals surface area (Å²) >= 11 is 0. The fraction of sp³-hybridized carbons (Fsp3) is 0.312. The fourth-order valence-corrected chi connectivity index (χ4v) is 2.20. The van der Waals surface area contributed by atoms with Crippen LogP contribution in [0.5, 0.6) is 0 Å². The maximum atomic E-state index is 12.4. The number of benzene rings is 1. The Morgan fingerprint density at radius 3 is 2.57 bits per heavy atom. The van der Waals surface area contributed by atoms with Crippen LogP contribution in [0.3, 0.4) is 0 Å². The average molecular weight is 281 g/mol. The van der Waals surface area contributed by atoms with Crippen LogP contribution in [-0.4, -0.2) is 53.7 Å². The van der Waals surface area contributed by atoms with Crippen LogP contribution >= 0.6 is 0 Å². The van der Waals surface area contributed by atoms with Gasteiger partial charge in [-0.05, 0) is 19.1 Å². The summed E-state index contributed by atoms with van der Waals surface area (Å²) in [6, 6.07) is 8.88. The molecule has 4 nitrogen and oxygen atoms in total. The Morgan fingerprint density at radius 1 is 1.33 bits per heavy atom. The minimum absolute atomic E-state index is 0. The predicted molar refractivity (Wildman–Crippen MR) is 80.9 cm³/mol. The van der Waals surface area contributed by atoms with Crippen LogP contribution in [0.15, 0.2) is 54.3 Å². The molecule has 0 heterocycles. The van der Waals surface area contributed by atoms with Crippen LogP contribution in [0.2, 0.25) is 0 Å². The second-order valence-corrected chi connectivity index (χ2v) is 4.91. The van der Waals surface area contributed by atoms with E-state index in [9.17, 15) is 9.90 Å². The van der Waals surface area contributed by atoms with E-state index in [0.717, 1.165) is 0 Å². The number of Topliss-reactive ketones (excluding diaryl/α,β-unsaturated/α-hetero) is 1. The minimum atomic E-state index is -1.31. The van der Waals surface area contributed by atoms with Crippen LogP contribution < -0.4 is 0 Å². The molecule has 0 aromatic heterocycles. The van der Waals surface area contributed by atoms with Crippen LogP contribution in [0.1, 0.15) is 17.3 Å². The van der Waals surface area contributed by atoms with Crippen molar-refractivity contribution in [3.8, 4) is 0 Å². The molecule has 0 amide bonds. The van der Waals surface area contributed by atoms with E-state index in [1.165, 1.54) is 6.08 Å². The van der Waals surface area contributed by atoms with Gasteiger partial charge in [0.2, 0.25) is 0 Å². The molecule has 0 fully saturated rings. The second-order valence-electron chi connectivity index (χ2n) is 4.91. The summed E-state index contributed by atoms with van der Waals surface area (Å²) in [4.78, 5) is 12.4. The summed E-state index contributed by atoms with van der Waals surface area (Å²) in [7, 11) is 0. The van der Waals surface area contributed by atoms with Crippen LogP contribution in [0.25, 0.3) is 0 Å². The third kappa shape index (κ3) is 4.32. The summed E-state index contributed by atoms with van der Waals surface area (Å²) in [5.74, 6) is -0.322. The van der Waals surface area contributed by atoms with Crippen molar-refractivity contribution in [2.24, 2.45) is 5.92 Å². The molecule has 1 aromatic carbocycles. The Labute approximate surface area is 136 Å². The Bertz CT molecular complexity index is 534. The van der Waals surface area contributed by atoms with Crippen LogP contribution in [0.4, 0.5) is 0 Å². The molecule has 1 radical (unpaired) electrons. The molecular weight excluding hydrogens is 263 g/mol. The summed E-state index contributed by atoms with van der Waals surface area (Å²) in [5.41, 5.74) is -0.748. The SMILES string of the molecule is CC1(O)C=C(OCCO)C=CC1C(=O)c1ccccc1.[Li]. The first kappa shape index (κ1) is 17.7. The number of rotatable bonds is 5. The normalized spacial score (nSPS) is 24.0. The number of ether oxygens (including phenoxy) is 1. The Morgan fingerprint density at radius 2 is 2.00 bits per heavy atom. The third-order valence-electron chi connectivity index (χ3n) is 3.22. The number of aliphatic hydroxyl groups is 2. The molecule has 2 atom stereocenters. The van der Waals surface area contributed by atoms with Gasteiger partial charge >= 0.3 is 0 Å². The summed E-state index contributed by atoms with van der Waals surface area (Å²) in [6.45, 7) is 1.63. The van der Waals surface area contributed by atoms with Crippen molar-refractivity contribution in [1.29, 1.82) is 0 Å². The zero-order chi connectivity index (χ0) is 14.6. The van der Waals surface area contributed by atoms with Gasteiger partial charge in [-0.1, -0.05) is 36.4 Å². The molecule has 21 heavy (non-hydrogen) atoms. The van der Waals surface area contributed by atoms with Gasteiger partial charge in [0.1, 0.15) is 12.4 Å². The molecule has 0 saturated carbocycles. The van der Waals surface area contributed by atoms with Gasteiger partial charge in [0.15, 0.2) is 5.78 Å². The molecule has 5 heteroatoms. The molecule has 1 aliphatic carbocycles. The molecule has 0 aliphatic heterocycles. The van der Waals surface area contributed by atoms with Crippen molar-refractivity contribution >= 4 is 24.6 Å². The Balaban J connectivity index is 0.00000220. The van der Waals surface area contributed by atoms with Gasteiger partial charge in [-0.15, -0.1) is 0 Å². The zero-order valence-corrected chi connectivity index (χ0v) is 12.3. The molecule has 2 N–H and O–H groups in total. The zero-order valence-electron chi connectivity index (χ0n) is 12.3. The summed E-state index contributed by atoms with van der Waals surface area (Å²) < 4.78 is 5.25. The first-order valence-corrected chi connectivity index (χ1v) is 6.51. The van der Waals surface area contributed by atoms with Crippen molar-refractivity contribution in [2.45, 2.75) is 12.5 Å². The van der Waals surface area contributed by atoms with E-state index in [2.05, 4.69) is 0 Å². The van der Waals surface area contributed by atoms with E-state index in [1.807, 2.05) is 6.07 Å². The Hall–Kier alpha value is -1.31. The number of ketones is 1. The first-order valence-electron chi connectivity index (χ1n) is 6.51. The smallest absolute Gasteiger partial charge is 0.172 e. The molecule has 0 bridgehead atoms. The van der Waals surface area contributed by atoms with E-state index >= 15 is 0 Å². The van der Waals surface area contributed by atoms with E-state index in [1.54, 1.807) is 43.3 Å². The fourth-order valence-electron chi connectivity index (χ4n) is 2.20. The third-order valence-corrected chi connectivity index (χ3v) is 3.22. The molecular formula is C16H18LiO4. The van der Waals surface area contributed by atoms with Gasteiger partial charge in [0, 0.05) is 24.4 Å². The van der Waals surface area contributed by atoms with Crippen molar-refractivity contribution in [1.82, 2.24) is 0 Å². The summed E-state index contributed by atoms with van der Waals surface area (Å²) in [6.07, 6.45) is 4.80. The van der Waals surface area contributed by atoms with Gasteiger partial charge in [0.25, 0.3) is 0 Å². The van der Waals surface area contributed by atoms with E-state index < -0.39 is 11.5 Å². The maximum absolute atomic E-state index is 12.4. The van der Waals surface area contributed by atoms with Gasteiger partial charge < -0.3 is 14.9 Å². The van der Waals surface area contributed by atoms with E-state index in [4.69, 9.17) is 9.84 Å². The first-order chi connectivity index (χ1) is 9.54. The molecule has 1 aliphatic rings. The average Bonchev–Trinajstić information content (AvgIpc) is 2.44. The monoisotopic (exact) mass is 281 g/mol. The van der Waals surface area contributed by atoms with Crippen molar-refractivity contribution in [2.75, 3.05) is 13.2 Å². The van der Waals surface area contributed by atoms with Gasteiger partial charge in [-0.2, -0.15) is 0 Å². The molecule has 1 aromatic rings. The molecule has 2 rings (SSSR count). The number of carbonyl (C=O) groups is 1. The van der Waals surface area contributed by atoms with Crippen LogP contribution in [-0.2, 0) is 4.74 Å². The number of carbonyl (C=O) groups excluding carboxylic acids is 1. The van der Waals surface area contributed by atoms with Gasteiger partial charge in [-0.25, -0.2) is 0 Å². The van der Waals surface area contributed by atoms with Crippen molar-refractivity contribution in [3.63, 3.8) is 0 Å². The summed E-state index contributed by atoms with van der Waals surface area (Å²) in [5, 5.41) is 19.2. The van der Waals surface area contributed by atoms with E-state index in [0.29, 0.717) is 11.3 Å². The molecule has 107 valence electrons. The minimum Gasteiger partial charge on any atom is -0.491 e. The second kappa shape index (κ2) is 7.63. The number of hydrogen-bond acceptors (Lipinski definition) is 4. The quantitative estimate of drug-likeness (QED) is 0.631. The van der Waals surface area contributed by atoms with E-state index in [-0.39, 0.29) is 37.9 Å². The van der Waals surface area contributed by atoms with Crippen LogP contribution in [0, 0.1) is 5.92 Å². The Kier molecular flexibility index (Phi) is 6.44. The number of aliphatic hydroxyl groups excluding tert-OH is 1. The van der Waals surface area contributed by atoms with Crippen molar-refractivity contribution < 1.29 is 19.7 Å². The number of hydrogen-bond donors (Lipinski definition) is 2. The molecule has 2 unspecified atom stereocenters. The maximum Gasteiger partial charge on any atom is 0.172 e. The molecule has 0 spiro atoms. The topological polar surface area (TPSA) is 66.8 Å². The van der Waals surface area contributed by atoms with Gasteiger partial charge in [-0.3, -0.25) is 4.79 Å². The number of allylic oxidation sites excluding steroid dienone is 1. The molecule has 0 saturated heterocycles. The van der Waals surface area contributed by atoms with Gasteiger partial charge in [0.05, 0.1) is 18.1 Å². The van der Waals surface area contributed by atoms with Crippen molar-refractivity contribution in [3.05, 3.63) is 59.9 Å².